The number of nitrogens with zero attached hydrogens (tertiary/aromatic N) is 1. The summed E-state index contributed by atoms with van der Waals surface area (Å²) < 4.78 is 12.9. The molecule has 0 spiro atoms. The van der Waals surface area contributed by atoms with Gasteiger partial charge in [-0.25, -0.2) is 4.39 Å². The minimum Gasteiger partial charge on any atom is -0.392 e. The second-order valence-corrected chi connectivity index (χ2v) is 4.01. The van der Waals surface area contributed by atoms with E-state index in [2.05, 4.69) is 10.3 Å². The van der Waals surface area contributed by atoms with Gasteiger partial charge in [0.25, 0.3) is 0 Å². The molecule has 0 aliphatic carbocycles. The SMILES string of the molecule is CCCC(O)CNC(C)c1cncc(F)c1. The van der Waals surface area contributed by atoms with Gasteiger partial charge in [-0.3, -0.25) is 4.98 Å². The summed E-state index contributed by atoms with van der Waals surface area (Å²) >= 11 is 0. The van der Waals surface area contributed by atoms with Crippen molar-refractivity contribution in [2.45, 2.75) is 38.8 Å². The van der Waals surface area contributed by atoms with Gasteiger partial charge in [0.15, 0.2) is 0 Å². The van der Waals surface area contributed by atoms with Gasteiger partial charge >= 0.3 is 0 Å². The lowest BCUT2D eigenvalue weighted by atomic mass is 10.1. The first-order chi connectivity index (χ1) is 7.63. The van der Waals surface area contributed by atoms with Crippen molar-refractivity contribution in [1.29, 1.82) is 0 Å². The molecule has 1 heterocycles. The average molecular weight is 226 g/mol. The van der Waals surface area contributed by atoms with Crippen molar-refractivity contribution in [2.75, 3.05) is 6.54 Å². The third kappa shape index (κ3) is 4.24. The van der Waals surface area contributed by atoms with Crippen LogP contribution in [-0.4, -0.2) is 22.7 Å². The van der Waals surface area contributed by atoms with Crippen LogP contribution < -0.4 is 5.32 Å². The summed E-state index contributed by atoms with van der Waals surface area (Å²) in [6, 6.07) is 1.45. The molecular formula is C12H19FN2O. The molecule has 0 amide bonds. The molecule has 90 valence electrons. The zero-order chi connectivity index (χ0) is 12.0. The maximum Gasteiger partial charge on any atom is 0.141 e. The molecule has 1 aromatic heterocycles. The Morgan fingerprint density at radius 3 is 2.88 bits per heavy atom. The number of aliphatic hydroxyl groups is 1. The molecule has 0 aliphatic heterocycles. The second kappa shape index (κ2) is 6.55. The lowest BCUT2D eigenvalue weighted by Crippen LogP contribution is -2.29. The van der Waals surface area contributed by atoms with Gasteiger partial charge in [-0.05, 0) is 25.0 Å². The molecule has 0 bridgehead atoms. The van der Waals surface area contributed by atoms with E-state index >= 15 is 0 Å². The second-order valence-electron chi connectivity index (χ2n) is 4.01. The lowest BCUT2D eigenvalue weighted by Gasteiger charge is -2.16. The maximum absolute atomic E-state index is 12.9. The van der Waals surface area contributed by atoms with E-state index in [0.717, 1.165) is 18.4 Å². The van der Waals surface area contributed by atoms with Crippen LogP contribution in [-0.2, 0) is 0 Å². The summed E-state index contributed by atoms with van der Waals surface area (Å²) in [7, 11) is 0. The predicted molar refractivity (Wildman–Crippen MR) is 61.5 cm³/mol. The van der Waals surface area contributed by atoms with Crippen molar-refractivity contribution in [3.8, 4) is 0 Å². The highest BCUT2D eigenvalue weighted by molar-refractivity contribution is 5.14. The van der Waals surface area contributed by atoms with Crippen LogP contribution >= 0.6 is 0 Å². The summed E-state index contributed by atoms with van der Waals surface area (Å²) in [6.45, 7) is 4.48. The maximum atomic E-state index is 12.9. The minimum atomic E-state index is -0.339. The molecule has 0 aliphatic rings. The van der Waals surface area contributed by atoms with Gasteiger partial charge in [0.05, 0.1) is 12.3 Å². The molecule has 2 unspecified atom stereocenters. The van der Waals surface area contributed by atoms with E-state index in [1.54, 1.807) is 6.20 Å². The summed E-state index contributed by atoms with van der Waals surface area (Å²) in [5.41, 5.74) is 0.795. The number of hydrogen-bond acceptors (Lipinski definition) is 3. The smallest absolute Gasteiger partial charge is 0.141 e. The van der Waals surface area contributed by atoms with Crippen LogP contribution in [0.3, 0.4) is 0 Å². The molecule has 1 rings (SSSR count). The largest absolute Gasteiger partial charge is 0.392 e. The van der Waals surface area contributed by atoms with Gasteiger partial charge in [-0.15, -0.1) is 0 Å². The van der Waals surface area contributed by atoms with Gasteiger partial charge in [-0.2, -0.15) is 0 Å². The molecule has 0 fully saturated rings. The first-order valence-electron chi connectivity index (χ1n) is 5.65. The molecule has 0 aromatic carbocycles. The predicted octanol–water partition coefficient (Wildman–Crippen LogP) is 2.03. The van der Waals surface area contributed by atoms with Crippen molar-refractivity contribution < 1.29 is 9.50 Å². The van der Waals surface area contributed by atoms with E-state index in [-0.39, 0.29) is 18.0 Å². The van der Waals surface area contributed by atoms with E-state index in [1.807, 2.05) is 13.8 Å². The number of aliphatic hydroxyl groups excluding tert-OH is 1. The van der Waals surface area contributed by atoms with E-state index in [4.69, 9.17) is 0 Å². The molecule has 4 heteroatoms. The molecular weight excluding hydrogens is 207 g/mol. The van der Waals surface area contributed by atoms with Crippen LogP contribution in [0.25, 0.3) is 0 Å². The number of hydrogen-bond donors (Lipinski definition) is 2. The molecule has 16 heavy (non-hydrogen) atoms. The Bertz CT molecular complexity index is 320. The Hall–Kier alpha value is -1.00. The van der Waals surface area contributed by atoms with Gasteiger partial charge in [0.1, 0.15) is 5.82 Å². The van der Waals surface area contributed by atoms with Crippen LogP contribution in [0.5, 0.6) is 0 Å². The van der Waals surface area contributed by atoms with Crippen molar-refractivity contribution in [2.24, 2.45) is 0 Å². The summed E-state index contributed by atoms with van der Waals surface area (Å²) in [5.74, 6) is -0.333. The quantitative estimate of drug-likeness (QED) is 0.780. The fraction of sp³-hybridized carbons (Fsp3) is 0.583. The topological polar surface area (TPSA) is 45.1 Å². The number of halogens is 1. The van der Waals surface area contributed by atoms with Crippen LogP contribution in [0.4, 0.5) is 4.39 Å². The molecule has 3 nitrogen and oxygen atoms in total. The molecule has 2 N–H and O–H groups in total. The summed E-state index contributed by atoms with van der Waals surface area (Å²) in [6.07, 6.45) is 4.21. The molecule has 1 aromatic rings. The standard InChI is InChI=1S/C12H19FN2O/c1-3-4-12(16)8-15-9(2)10-5-11(13)7-14-6-10/h5-7,9,12,15-16H,3-4,8H2,1-2H3. The van der Waals surface area contributed by atoms with Crippen molar-refractivity contribution in [3.63, 3.8) is 0 Å². The fourth-order valence-corrected chi connectivity index (χ4v) is 1.53. The first-order valence-corrected chi connectivity index (χ1v) is 5.65. The molecule has 0 saturated heterocycles. The van der Waals surface area contributed by atoms with E-state index in [1.165, 1.54) is 12.3 Å². The zero-order valence-corrected chi connectivity index (χ0v) is 9.78. The van der Waals surface area contributed by atoms with Crippen LogP contribution in [0.2, 0.25) is 0 Å². The highest BCUT2D eigenvalue weighted by atomic mass is 19.1. The average Bonchev–Trinajstić information content (AvgIpc) is 2.26. The first kappa shape index (κ1) is 13.1. The Labute approximate surface area is 95.7 Å². The Morgan fingerprint density at radius 1 is 1.50 bits per heavy atom. The molecule has 0 saturated carbocycles. The van der Waals surface area contributed by atoms with Crippen LogP contribution in [0.15, 0.2) is 18.5 Å². The van der Waals surface area contributed by atoms with E-state index < -0.39 is 0 Å². The fourth-order valence-electron chi connectivity index (χ4n) is 1.53. The molecule has 2 atom stereocenters. The highest BCUT2D eigenvalue weighted by Gasteiger charge is 2.08. The van der Waals surface area contributed by atoms with Gasteiger partial charge in [-0.1, -0.05) is 13.3 Å². The molecule has 0 radical (unpaired) electrons. The number of aromatic nitrogens is 1. The number of pyridine rings is 1. The minimum absolute atomic E-state index is 0.00490. The van der Waals surface area contributed by atoms with Crippen molar-refractivity contribution in [1.82, 2.24) is 10.3 Å². The highest BCUT2D eigenvalue weighted by Crippen LogP contribution is 2.11. The van der Waals surface area contributed by atoms with Gasteiger partial charge in [0, 0.05) is 18.8 Å². The normalized spacial score (nSPS) is 14.8. The lowest BCUT2D eigenvalue weighted by molar-refractivity contribution is 0.157. The third-order valence-corrected chi connectivity index (χ3v) is 2.51. The van der Waals surface area contributed by atoms with Gasteiger partial charge < -0.3 is 10.4 Å². The van der Waals surface area contributed by atoms with Crippen molar-refractivity contribution >= 4 is 0 Å². The monoisotopic (exact) mass is 226 g/mol. The summed E-state index contributed by atoms with van der Waals surface area (Å²) in [4.78, 5) is 3.79. The van der Waals surface area contributed by atoms with E-state index in [9.17, 15) is 9.50 Å². The third-order valence-electron chi connectivity index (χ3n) is 2.51. The van der Waals surface area contributed by atoms with Crippen LogP contribution in [0, 0.1) is 5.82 Å². The van der Waals surface area contributed by atoms with E-state index in [0.29, 0.717) is 6.54 Å². The van der Waals surface area contributed by atoms with Gasteiger partial charge in [0.2, 0.25) is 0 Å². The van der Waals surface area contributed by atoms with Crippen molar-refractivity contribution in [3.05, 3.63) is 29.8 Å². The van der Waals surface area contributed by atoms with Crippen LogP contribution in [0.1, 0.15) is 38.3 Å². The Kier molecular flexibility index (Phi) is 5.35. The number of rotatable bonds is 6. The Balaban J connectivity index is 2.43. The zero-order valence-electron chi connectivity index (χ0n) is 9.78. The Morgan fingerprint density at radius 2 is 2.25 bits per heavy atom. The number of nitrogens with one attached hydrogen (secondary N) is 1. The summed E-state index contributed by atoms with van der Waals surface area (Å²) in [5, 5.41) is 12.7.